The van der Waals surface area contributed by atoms with Gasteiger partial charge >= 0.3 is 0 Å². The van der Waals surface area contributed by atoms with Crippen LogP contribution in [0, 0.1) is 6.92 Å². The summed E-state index contributed by atoms with van der Waals surface area (Å²) in [5.41, 5.74) is 2.15. The summed E-state index contributed by atoms with van der Waals surface area (Å²) in [6.07, 6.45) is 0.116. The Morgan fingerprint density at radius 2 is 2.20 bits per heavy atom. The van der Waals surface area contributed by atoms with Crippen LogP contribution in [0.1, 0.15) is 24.2 Å². The van der Waals surface area contributed by atoms with E-state index in [9.17, 15) is 0 Å². The van der Waals surface area contributed by atoms with E-state index in [1.54, 1.807) is 11.8 Å². The van der Waals surface area contributed by atoms with Crippen molar-refractivity contribution >= 4 is 0 Å². The molecule has 2 heterocycles. The van der Waals surface area contributed by atoms with Crippen molar-refractivity contribution in [3.63, 3.8) is 0 Å². The van der Waals surface area contributed by atoms with Gasteiger partial charge in [-0.15, -0.1) is 0 Å². The molecule has 20 heavy (non-hydrogen) atoms. The molecule has 114 valence electrons. The Morgan fingerprint density at radius 1 is 1.45 bits per heavy atom. The number of rotatable bonds is 5. The number of ether oxygens (including phenoxy) is 2. The number of aryl methyl sites for hydroxylation is 2. The first kappa shape index (κ1) is 15.3. The summed E-state index contributed by atoms with van der Waals surface area (Å²) in [6, 6.07) is 0.173. The van der Waals surface area contributed by atoms with Gasteiger partial charge in [-0.3, -0.25) is 4.90 Å². The van der Waals surface area contributed by atoms with E-state index in [2.05, 4.69) is 29.3 Å². The average Bonchev–Trinajstić information content (AvgIpc) is 2.70. The number of likely N-dealkylation sites (N-methyl/N-ethyl adjacent to an activating group) is 2. The Morgan fingerprint density at radius 3 is 2.85 bits per heavy atom. The van der Waals surface area contributed by atoms with Crippen molar-refractivity contribution in [3.8, 4) is 5.88 Å². The Kier molecular flexibility index (Phi) is 5.01. The highest BCUT2D eigenvalue weighted by Crippen LogP contribution is 2.36. The highest BCUT2D eigenvalue weighted by molar-refractivity contribution is 5.35. The quantitative estimate of drug-likeness (QED) is 0.862. The average molecular weight is 282 g/mol. The summed E-state index contributed by atoms with van der Waals surface area (Å²) in [6.45, 7) is 7.61. The lowest BCUT2D eigenvalue weighted by atomic mass is 9.98. The van der Waals surface area contributed by atoms with Crippen LogP contribution < -0.4 is 10.1 Å². The van der Waals surface area contributed by atoms with E-state index in [1.807, 2.05) is 14.0 Å². The topological polar surface area (TPSA) is 51.5 Å². The summed E-state index contributed by atoms with van der Waals surface area (Å²) < 4.78 is 13.3. The molecule has 2 unspecified atom stereocenters. The van der Waals surface area contributed by atoms with Crippen molar-refractivity contribution in [1.82, 2.24) is 20.0 Å². The van der Waals surface area contributed by atoms with E-state index >= 15 is 0 Å². The molecule has 0 bridgehead atoms. The molecular weight excluding hydrogens is 256 g/mol. The molecule has 2 atom stereocenters. The van der Waals surface area contributed by atoms with Crippen LogP contribution in [0.3, 0.4) is 0 Å². The standard InChI is InChI=1S/C14H26N4O2/c1-6-15-9-11-13(17(3)7-8-20-11)12-10(2)16-18(4)14(12)19-5/h11,13,15H,6-9H2,1-5H3. The van der Waals surface area contributed by atoms with E-state index in [4.69, 9.17) is 9.47 Å². The van der Waals surface area contributed by atoms with Gasteiger partial charge in [0.1, 0.15) is 0 Å². The lowest BCUT2D eigenvalue weighted by Gasteiger charge is -2.39. The molecule has 1 fully saturated rings. The highest BCUT2D eigenvalue weighted by Gasteiger charge is 2.36. The molecule has 0 amide bonds. The zero-order chi connectivity index (χ0) is 14.7. The maximum atomic E-state index is 5.98. The Balaban J connectivity index is 2.34. The molecule has 1 aromatic rings. The molecule has 0 aliphatic carbocycles. The number of hydrogen-bond donors (Lipinski definition) is 1. The fourth-order valence-corrected chi connectivity index (χ4v) is 2.96. The smallest absolute Gasteiger partial charge is 0.216 e. The number of hydrogen-bond acceptors (Lipinski definition) is 5. The van der Waals surface area contributed by atoms with Crippen LogP contribution in [0.2, 0.25) is 0 Å². The normalized spacial score (nSPS) is 24.1. The third-order valence-electron chi connectivity index (χ3n) is 3.90. The number of aromatic nitrogens is 2. The van der Waals surface area contributed by atoms with Gasteiger partial charge in [-0.05, 0) is 20.5 Å². The van der Waals surface area contributed by atoms with Gasteiger partial charge in [0, 0.05) is 20.1 Å². The number of nitrogens with one attached hydrogen (secondary N) is 1. The van der Waals surface area contributed by atoms with Gasteiger partial charge in [0.25, 0.3) is 0 Å². The van der Waals surface area contributed by atoms with Crippen molar-refractivity contribution in [1.29, 1.82) is 0 Å². The summed E-state index contributed by atoms with van der Waals surface area (Å²) in [5.74, 6) is 0.825. The van der Waals surface area contributed by atoms with Gasteiger partial charge < -0.3 is 14.8 Å². The molecule has 1 N–H and O–H groups in total. The van der Waals surface area contributed by atoms with E-state index in [0.717, 1.165) is 43.4 Å². The summed E-state index contributed by atoms with van der Waals surface area (Å²) >= 11 is 0. The minimum atomic E-state index is 0.116. The summed E-state index contributed by atoms with van der Waals surface area (Å²) in [7, 11) is 5.75. The Bertz CT molecular complexity index is 447. The van der Waals surface area contributed by atoms with Gasteiger partial charge in [-0.1, -0.05) is 6.92 Å². The van der Waals surface area contributed by atoms with Crippen LogP contribution in [-0.2, 0) is 11.8 Å². The van der Waals surface area contributed by atoms with Gasteiger partial charge in [0.05, 0.1) is 37.1 Å². The molecule has 0 saturated carbocycles. The van der Waals surface area contributed by atoms with Crippen molar-refractivity contribution in [3.05, 3.63) is 11.3 Å². The van der Waals surface area contributed by atoms with Crippen LogP contribution >= 0.6 is 0 Å². The van der Waals surface area contributed by atoms with Gasteiger partial charge in [0.2, 0.25) is 5.88 Å². The third kappa shape index (κ3) is 2.82. The molecular formula is C14H26N4O2. The lowest BCUT2D eigenvalue weighted by Crippen LogP contribution is -2.47. The largest absolute Gasteiger partial charge is 0.481 e. The van der Waals surface area contributed by atoms with Crippen molar-refractivity contribution in [2.75, 3.05) is 40.4 Å². The molecule has 2 rings (SSSR count). The maximum Gasteiger partial charge on any atom is 0.216 e. The zero-order valence-electron chi connectivity index (χ0n) is 13.1. The predicted molar refractivity (Wildman–Crippen MR) is 78.2 cm³/mol. The molecule has 0 radical (unpaired) electrons. The first-order chi connectivity index (χ1) is 9.60. The van der Waals surface area contributed by atoms with Crippen molar-refractivity contribution in [2.24, 2.45) is 7.05 Å². The van der Waals surface area contributed by atoms with E-state index in [-0.39, 0.29) is 12.1 Å². The zero-order valence-corrected chi connectivity index (χ0v) is 13.1. The fourth-order valence-electron chi connectivity index (χ4n) is 2.96. The molecule has 1 saturated heterocycles. The summed E-state index contributed by atoms with van der Waals surface area (Å²) in [4.78, 5) is 2.33. The second kappa shape index (κ2) is 6.56. The minimum absolute atomic E-state index is 0.116. The Hall–Kier alpha value is -1.11. The third-order valence-corrected chi connectivity index (χ3v) is 3.90. The first-order valence-electron chi connectivity index (χ1n) is 7.20. The second-order valence-corrected chi connectivity index (χ2v) is 5.27. The van der Waals surface area contributed by atoms with E-state index in [1.165, 1.54) is 0 Å². The highest BCUT2D eigenvalue weighted by atomic mass is 16.5. The predicted octanol–water partition coefficient (Wildman–Crippen LogP) is 0.718. The van der Waals surface area contributed by atoms with E-state index in [0.29, 0.717) is 0 Å². The second-order valence-electron chi connectivity index (χ2n) is 5.27. The lowest BCUT2D eigenvalue weighted by molar-refractivity contribution is -0.0619. The van der Waals surface area contributed by atoms with Crippen molar-refractivity contribution < 1.29 is 9.47 Å². The minimum Gasteiger partial charge on any atom is -0.481 e. The SMILES string of the molecule is CCNCC1OCCN(C)C1c1c(C)nn(C)c1OC. The number of nitrogens with zero attached hydrogens (tertiary/aromatic N) is 3. The van der Waals surface area contributed by atoms with E-state index < -0.39 is 0 Å². The van der Waals surface area contributed by atoms with Crippen LogP contribution in [-0.4, -0.2) is 61.2 Å². The molecule has 0 aromatic carbocycles. The monoisotopic (exact) mass is 282 g/mol. The molecule has 6 heteroatoms. The van der Waals surface area contributed by atoms with Crippen LogP contribution in [0.15, 0.2) is 0 Å². The molecule has 0 spiro atoms. The first-order valence-corrected chi connectivity index (χ1v) is 7.20. The van der Waals surface area contributed by atoms with Crippen LogP contribution in [0.25, 0.3) is 0 Å². The number of methoxy groups -OCH3 is 1. The van der Waals surface area contributed by atoms with Crippen LogP contribution in [0.4, 0.5) is 0 Å². The van der Waals surface area contributed by atoms with Gasteiger partial charge in [-0.2, -0.15) is 5.10 Å². The molecule has 1 aliphatic rings. The van der Waals surface area contributed by atoms with Gasteiger partial charge in [-0.25, -0.2) is 4.68 Å². The van der Waals surface area contributed by atoms with Crippen molar-refractivity contribution in [2.45, 2.75) is 26.0 Å². The molecule has 1 aliphatic heterocycles. The fraction of sp³-hybridized carbons (Fsp3) is 0.786. The van der Waals surface area contributed by atoms with Crippen LogP contribution in [0.5, 0.6) is 5.88 Å². The number of morpholine rings is 1. The molecule has 6 nitrogen and oxygen atoms in total. The maximum absolute atomic E-state index is 5.98. The molecule has 1 aromatic heterocycles. The Labute approximate surface area is 121 Å². The summed E-state index contributed by atoms with van der Waals surface area (Å²) in [5, 5.41) is 7.88. The van der Waals surface area contributed by atoms with Gasteiger partial charge in [0.15, 0.2) is 0 Å².